The number of carbonyl (C=O) groups is 2. The van der Waals surface area contributed by atoms with E-state index in [1.54, 1.807) is 0 Å². The van der Waals surface area contributed by atoms with Crippen molar-refractivity contribution in [2.24, 2.45) is 5.41 Å². The van der Waals surface area contributed by atoms with Crippen molar-refractivity contribution < 1.29 is 27.2 Å². The van der Waals surface area contributed by atoms with Gasteiger partial charge in [0.2, 0.25) is 0 Å². The van der Waals surface area contributed by atoms with E-state index in [4.69, 9.17) is 0 Å². The molecule has 21 heavy (non-hydrogen) atoms. The summed E-state index contributed by atoms with van der Waals surface area (Å²) < 4.78 is 55.1. The predicted octanol–water partition coefficient (Wildman–Crippen LogP) is 3.38. The lowest BCUT2D eigenvalue weighted by atomic mass is 9.70. The molecule has 2 nitrogen and oxygen atoms in total. The lowest BCUT2D eigenvalue weighted by Gasteiger charge is -2.28. The van der Waals surface area contributed by atoms with Crippen LogP contribution in [0.15, 0.2) is 0 Å². The fourth-order valence-corrected chi connectivity index (χ4v) is 4.35. The zero-order valence-corrected chi connectivity index (χ0v) is 11.4. The molecule has 2 aliphatic carbocycles. The second kappa shape index (κ2) is 4.15. The van der Waals surface area contributed by atoms with Crippen molar-refractivity contribution in [2.45, 2.75) is 38.5 Å². The first-order valence-corrected chi connectivity index (χ1v) is 6.64. The Hall–Kier alpha value is -1.72. The van der Waals surface area contributed by atoms with Gasteiger partial charge in [-0.05, 0) is 26.7 Å². The van der Waals surface area contributed by atoms with Crippen LogP contribution in [0.2, 0.25) is 0 Å². The van der Waals surface area contributed by atoms with Gasteiger partial charge in [-0.1, -0.05) is 0 Å². The van der Waals surface area contributed by atoms with Crippen LogP contribution < -0.4 is 0 Å². The fourth-order valence-electron chi connectivity index (χ4n) is 4.35. The minimum atomic E-state index is -1.89. The maximum atomic E-state index is 14.1. The highest BCUT2D eigenvalue weighted by atomic mass is 19.2. The van der Waals surface area contributed by atoms with E-state index in [0.29, 0.717) is 0 Å². The number of benzene rings is 1. The summed E-state index contributed by atoms with van der Waals surface area (Å²) >= 11 is 0. The molecular weight excluding hydrogens is 288 g/mol. The minimum absolute atomic E-state index is 0.276. The Morgan fingerprint density at radius 2 is 1.14 bits per heavy atom. The molecule has 112 valence electrons. The molecule has 3 rings (SSSR count). The average molecular weight is 300 g/mol. The number of halogens is 4. The van der Waals surface area contributed by atoms with Gasteiger partial charge in [-0.25, -0.2) is 17.6 Å². The molecule has 2 bridgehead atoms. The van der Waals surface area contributed by atoms with Crippen LogP contribution in [-0.4, -0.2) is 11.6 Å². The van der Waals surface area contributed by atoms with Gasteiger partial charge >= 0.3 is 0 Å². The smallest absolute Gasteiger partial charge is 0.197 e. The van der Waals surface area contributed by atoms with Gasteiger partial charge in [-0.2, -0.15) is 0 Å². The van der Waals surface area contributed by atoms with Crippen molar-refractivity contribution in [1.29, 1.82) is 0 Å². The standard InChI is InChI=1S/C15H12F4O2/c1-5(20)15(6(2)21)7-3-4-8(15)10-9(7)11(16)13(18)14(19)12(10)17/h7-8H,3-4H2,1-2H3/t7-,8-/m0/s1. The van der Waals surface area contributed by atoms with Crippen LogP contribution in [-0.2, 0) is 9.59 Å². The Balaban J connectivity index is 2.39. The number of Topliss-reactive ketones (excluding diaryl/α,β-unsaturated/α-hetero) is 2. The summed E-state index contributed by atoms with van der Waals surface area (Å²) in [5, 5.41) is 0. The van der Waals surface area contributed by atoms with Crippen molar-refractivity contribution in [3.05, 3.63) is 34.4 Å². The normalized spacial score (nSPS) is 25.0. The van der Waals surface area contributed by atoms with Gasteiger partial charge in [0.25, 0.3) is 0 Å². The zero-order chi connectivity index (χ0) is 15.7. The summed E-state index contributed by atoms with van der Waals surface area (Å²) in [6.07, 6.45) is 0.552. The topological polar surface area (TPSA) is 34.1 Å². The van der Waals surface area contributed by atoms with Gasteiger partial charge in [0.05, 0.1) is 0 Å². The van der Waals surface area contributed by atoms with Crippen LogP contribution in [0.1, 0.15) is 49.7 Å². The van der Waals surface area contributed by atoms with E-state index in [0.717, 1.165) is 0 Å². The van der Waals surface area contributed by atoms with Gasteiger partial charge in [0.1, 0.15) is 17.0 Å². The summed E-state index contributed by atoms with van der Waals surface area (Å²) in [6.45, 7) is 2.36. The Bertz CT molecular complexity index is 637. The highest BCUT2D eigenvalue weighted by Gasteiger charge is 2.65. The molecule has 6 heteroatoms. The highest BCUT2D eigenvalue weighted by Crippen LogP contribution is 2.66. The maximum Gasteiger partial charge on any atom is 0.197 e. The van der Waals surface area contributed by atoms with Gasteiger partial charge in [0.15, 0.2) is 23.3 Å². The van der Waals surface area contributed by atoms with Crippen molar-refractivity contribution in [3.63, 3.8) is 0 Å². The van der Waals surface area contributed by atoms with Gasteiger partial charge in [-0.3, -0.25) is 9.59 Å². The number of hydrogen-bond acceptors (Lipinski definition) is 2. The first kappa shape index (κ1) is 14.2. The molecule has 2 aliphatic rings. The summed E-state index contributed by atoms with van der Waals surface area (Å²) in [7, 11) is 0. The van der Waals surface area contributed by atoms with Gasteiger partial charge in [0, 0.05) is 23.0 Å². The molecule has 0 spiro atoms. The third kappa shape index (κ3) is 1.38. The van der Waals surface area contributed by atoms with Crippen molar-refractivity contribution in [3.8, 4) is 0 Å². The van der Waals surface area contributed by atoms with E-state index in [2.05, 4.69) is 0 Å². The number of rotatable bonds is 2. The summed E-state index contributed by atoms with van der Waals surface area (Å²) in [4.78, 5) is 24.2. The van der Waals surface area contributed by atoms with Crippen molar-refractivity contribution >= 4 is 11.6 Å². The molecule has 0 unspecified atom stereocenters. The molecule has 0 aromatic heterocycles. The predicted molar refractivity (Wildman–Crippen MR) is 64.8 cm³/mol. The molecule has 0 heterocycles. The fraction of sp³-hybridized carbons (Fsp3) is 0.467. The van der Waals surface area contributed by atoms with E-state index < -0.39 is 52.1 Å². The van der Waals surface area contributed by atoms with E-state index in [-0.39, 0.29) is 24.0 Å². The van der Waals surface area contributed by atoms with E-state index in [1.807, 2.05) is 0 Å². The van der Waals surface area contributed by atoms with Crippen LogP contribution in [0.4, 0.5) is 17.6 Å². The zero-order valence-electron chi connectivity index (χ0n) is 11.4. The Morgan fingerprint density at radius 3 is 1.43 bits per heavy atom. The number of ketones is 2. The molecule has 1 aromatic carbocycles. The highest BCUT2D eigenvalue weighted by molar-refractivity contribution is 6.08. The largest absolute Gasteiger partial charge is 0.299 e. The SMILES string of the molecule is CC(=O)C1(C(C)=O)[C@H]2CC[C@H]1c1c(F)c(F)c(F)c(F)c12. The lowest BCUT2D eigenvalue weighted by molar-refractivity contribution is -0.139. The first-order chi connectivity index (χ1) is 9.76. The second-order valence-corrected chi connectivity index (χ2v) is 5.75. The summed E-state index contributed by atoms with van der Waals surface area (Å²) in [6, 6.07) is 0. The van der Waals surface area contributed by atoms with Crippen LogP contribution in [0.5, 0.6) is 0 Å². The molecule has 2 atom stereocenters. The number of hydrogen-bond donors (Lipinski definition) is 0. The number of fused-ring (bicyclic) bond motifs is 5. The molecule has 1 aromatic rings. The molecule has 0 amide bonds. The van der Waals surface area contributed by atoms with E-state index >= 15 is 0 Å². The Morgan fingerprint density at radius 1 is 0.810 bits per heavy atom. The van der Waals surface area contributed by atoms with Crippen molar-refractivity contribution in [2.75, 3.05) is 0 Å². The van der Waals surface area contributed by atoms with E-state index in [9.17, 15) is 27.2 Å². The first-order valence-electron chi connectivity index (χ1n) is 6.64. The Labute approximate surface area is 118 Å². The molecule has 0 N–H and O–H groups in total. The van der Waals surface area contributed by atoms with Crippen LogP contribution in [0, 0.1) is 28.7 Å². The van der Waals surface area contributed by atoms with Crippen LogP contribution in [0.3, 0.4) is 0 Å². The average Bonchev–Trinajstić information content (AvgIpc) is 2.94. The second-order valence-electron chi connectivity index (χ2n) is 5.75. The maximum absolute atomic E-state index is 14.1. The monoisotopic (exact) mass is 300 g/mol. The molecule has 0 radical (unpaired) electrons. The number of carbonyl (C=O) groups excluding carboxylic acids is 2. The minimum Gasteiger partial charge on any atom is -0.299 e. The van der Waals surface area contributed by atoms with Crippen LogP contribution >= 0.6 is 0 Å². The molecule has 0 saturated heterocycles. The van der Waals surface area contributed by atoms with E-state index in [1.165, 1.54) is 13.8 Å². The molecule has 1 fully saturated rings. The van der Waals surface area contributed by atoms with Crippen molar-refractivity contribution in [1.82, 2.24) is 0 Å². The molecular formula is C15H12F4O2. The summed E-state index contributed by atoms with van der Waals surface area (Å²) in [5.41, 5.74) is -2.27. The van der Waals surface area contributed by atoms with Gasteiger partial charge in [-0.15, -0.1) is 0 Å². The van der Waals surface area contributed by atoms with Crippen LogP contribution in [0.25, 0.3) is 0 Å². The Kier molecular flexibility index (Phi) is 2.81. The quantitative estimate of drug-likeness (QED) is 0.363. The van der Waals surface area contributed by atoms with Gasteiger partial charge < -0.3 is 0 Å². The third-order valence-electron chi connectivity index (χ3n) is 5.05. The third-order valence-corrected chi connectivity index (χ3v) is 5.05. The molecule has 0 aliphatic heterocycles. The lowest BCUT2D eigenvalue weighted by Crippen LogP contribution is -2.39. The summed E-state index contributed by atoms with van der Waals surface area (Å²) in [5.74, 6) is -9.61. The molecule has 1 saturated carbocycles.